The fourth-order valence-electron chi connectivity index (χ4n) is 2.56. The maximum Gasteiger partial charge on any atom is 0.344 e. The third kappa shape index (κ3) is 4.35. The fraction of sp³-hybridized carbons (Fsp3) is 0.316. The van der Waals surface area contributed by atoms with E-state index in [0.717, 1.165) is 18.6 Å². The number of carbonyl (C=O) groups is 1. The highest BCUT2D eigenvalue weighted by Crippen LogP contribution is 2.24. The highest BCUT2D eigenvalue weighted by atomic mass is 16.5. The number of hydrogen-bond acceptors (Lipinski definition) is 4. The summed E-state index contributed by atoms with van der Waals surface area (Å²) < 4.78 is 7.07. The van der Waals surface area contributed by atoms with Crippen molar-refractivity contribution >= 4 is 17.1 Å². The first-order valence-corrected chi connectivity index (χ1v) is 8.64. The van der Waals surface area contributed by atoms with E-state index in [9.17, 15) is 4.79 Å². The van der Waals surface area contributed by atoms with E-state index in [4.69, 9.17) is 4.74 Å². The molecule has 3 rings (SSSR count). The van der Waals surface area contributed by atoms with Crippen molar-refractivity contribution in [1.82, 2.24) is 20.3 Å². The van der Waals surface area contributed by atoms with Crippen molar-refractivity contribution < 1.29 is 9.53 Å². The second-order valence-corrected chi connectivity index (χ2v) is 5.86. The summed E-state index contributed by atoms with van der Waals surface area (Å²) in [6.07, 6.45) is 4.46. The zero-order valence-corrected chi connectivity index (χ0v) is 14.3. The number of rotatable bonds is 7. The fourth-order valence-corrected chi connectivity index (χ4v) is 2.56. The van der Waals surface area contributed by atoms with Crippen molar-refractivity contribution in [3.05, 3.63) is 48.5 Å². The molecule has 0 aliphatic carbocycles. The van der Waals surface area contributed by atoms with E-state index >= 15 is 0 Å². The molecule has 0 unspecified atom stereocenters. The third-order valence-corrected chi connectivity index (χ3v) is 3.89. The Labute approximate surface area is 146 Å². The number of hydrogen-bond donors (Lipinski definition) is 1. The zero-order valence-electron chi connectivity index (χ0n) is 14.3. The second kappa shape index (κ2) is 8.28. The van der Waals surface area contributed by atoms with Crippen LogP contribution in [-0.4, -0.2) is 27.6 Å². The Morgan fingerprint density at radius 3 is 2.72 bits per heavy atom. The molecule has 0 saturated heterocycles. The Hall–Kier alpha value is -2.89. The Kier molecular flexibility index (Phi) is 5.61. The average Bonchev–Trinajstić information content (AvgIpc) is 3.05. The van der Waals surface area contributed by atoms with Crippen LogP contribution in [0.3, 0.4) is 0 Å². The van der Waals surface area contributed by atoms with Crippen molar-refractivity contribution in [2.45, 2.75) is 32.6 Å². The maximum atomic E-state index is 12.2. The number of ether oxygens (including phenoxy) is 1. The molecule has 6 nitrogen and oxygen atoms in total. The number of para-hydroxylation sites is 1. The second-order valence-electron chi connectivity index (χ2n) is 5.86. The lowest BCUT2D eigenvalue weighted by molar-refractivity contribution is 0.239. The molecule has 1 aromatic heterocycles. The van der Waals surface area contributed by atoms with Gasteiger partial charge in [-0.25, -0.2) is 4.79 Å². The maximum absolute atomic E-state index is 12.2. The van der Waals surface area contributed by atoms with Crippen LogP contribution in [0.5, 0.6) is 11.5 Å². The van der Waals surface area contributed by atoms with Crippen LogP contribution in [0.15, 0.2) is 48.5 Å². The lowest BCUT2D eigenvalue weighted by atomic mass is 10.2. The molecule has 0 bridgehead atoms. The molecule has 0 aliphatic rings. The molecule has 1 amide bonds. The molecule has 130 valence electrons. The molecule has 1 heterocycles. The lowest BCUT2D eigenvalue weighted by Gasteiger charge is -2.06. The molecule has 0 spiro atoms. The lowest BCUT2D eigenvalue weighted by Crippen LogP contribution is -2.30. The minimum Gasteiger partial charge on any atom is -0.457 e. The van der Waals surface area contributed by atoms with E-state index in [1.54, 1.807) is 12.1 Å². The quantitative estimate of drug-likeness (QED) is 0.650. The van der Waals surface area contributed by atoms with Gasteiger partial charge in [-0.3, -0.25) is 0 Å². The monoisotopic (exact) mass is 338 g/mol. The normalized spacial score (nSPS) is 10.8. The number of amides is 1. The standard InChI is InChI=1S/C19H22N4O2/c1-2-3-4-8-13-20-19(24)23-18-12-11-16(14-17(18)21-22-23)25-15-9-6-5-7-10-15/h5-7,9-12,14H,2-4,8,13H2,1H3,(H,20,24). The number of aromatic nitrogens is 3. The summed E-state index contributed by atoms with van der Waals surface area (Å²) in [5.74, 6) is 1.41. The number of nitrogens with zero attached hydrogens (tertiary/aromatic N) is 3. The highest BCUT2D eigenvalue weighted by Gasteiger charge is 2.12. The Bertz CT molecular complexity index is 830. The van der Waals surface area contributed by atoms with Gasteiger partial charge in [0.05, 0.1) is 5.52 Å². The van der Waals surface area contributed by atoms with Crippen LogP contribution in [-0.2, 0) is 0 Å². The van der Waals surface area contributed by atoms with E-state index < -0.39 is 0 Å². The van der Waals surface area contributed by atoms with Crippen molar-refractivity contribution in [1.29, 1.82) is 0 Å². The first-order valence-electron chi connectivity index (χ1n) is 8.64. The summed E-state index contributed by atoms with van der Waals surface area (Å²) in [6.45, 7) is 2.81. The highest BCUT2D eigenvalue weighted by molar-refractivity contribution is 5.88. The molecule has 1 N–H and O–H groups in total. The zero-order chi connectivity index (χ0) is 17.5. The molecule has 2 aromatic carbocycles. The van der Waals surface area contributed by atoms with E-state index in [2.05, 4.69) is 22.6 Å². The molecule has 0 atom stereocenters. The van der Waals surface area contributed by atoms with Crippen LogP contribution >= 0.6 is 0 Å². The minimum atomic E-state index is -0.254. The molecule has 0 aliphatic heterocycles. The largest absolute Gasteiger partial charge is 0.457 e. The predicted octanol–water partition coefficient (Wildman–Crippen LogP) is 4.36. The van der Waals surface area contributed by atoms with Gasteiger partial charge in [-0.1, -0.05) is 49.6 Å². The minimum absolute atomic E-state index is 0.254. The van der Waals surface area contributed by atoms with Gasteiger partial charge in [-0.15, -0.1) is 5.10 Å². The van der Waals surface area contributed by atoms with Crippen molar-refractivity contribution in [3.63, 3.8) is 0 Å². The topological polar surface area (TPSA) is 69.0 Å². The number of carbonyl (C=O) groups excluding carboxylic acids is 1. The molecule has 6 heteroatoms. The number of fused-ring (bicyclic) bond motifs is 1. The molecule has 0 radical (unpaired) electrons. The van der Waals surface area contributed by atoms with Gasteiger partial charge in [0.15, 0.2) is 0 Å². The smallest absolute Gasteiger partial charge is 0.344 e. The van der Waals surface area contributed by atoms with Gasteiger partial charge >= 0.3 is 6.03 Å². The van der Waals surface area contributed by atoms with Gasteiger partial charge in [-0.05, 0) is 30.7 Å². The molecule has 0 fully saturated rings. The average molecular weight is 338 g/mol. The summed E-state index contributed by atoms with van der Waals surface area (Å²) in [7, 11) is 0. The molecule has 25 heavy (non-hydrogen) atoms. The number of benzene rings is 2. The summed E-state index contributed by atoms with van der Waals surface area (Å²) >= 11 is 0. The third-order valence-electron chi connectivity index (χ3n) is 3.89. The molecular weight excluding hydrogens is 316 g/mol. The first-order chi connectivity index (χ1) is 12.3. The van der Waals surface area contributed by atoms with E-state index in [0.29, 0.717) is 23.3 Å². The van der Waals surface area contributed by atoms with Gasteiger partial charge in [0.2, 0.25) is 0 Å². The van der Waals surface area contributed by atoms with Crippen molar-refractivity contribution in [3.8, 4) is 11.5 Å². The van der Waals surface area contributed by atoms with Gasteiger partial charge < -0.3 is 10.1 Å². The van der Waals surface area contributed by atoms with Crippen LogP contribution in [0.1, 0.15) is 32.6 Å². The van der Waals surface area contributed by atoms with Crippen LogP contribution in [0, 0.1) is 0 Å². The summed E-state index contributed by atoms with van der Waals surface area (Å²) in [5.41, 5.74) is 1.28. The number of unbranched alkanes of at least 4 members (excludes halogenated alkanes) is 3. The van der Waals surface area contributed by atoms with Crippen LogP contribution in [0.4, 0.5) is 4.79 Å². The molecular formula is C19H22N4O2. The Morgan fingerprint density at radius 1 is 1.08 bits per heavy atom. The van der Waals surface area contributed by atoms with Crippen LogP contribution < -0.4 is 10.1 Å². The van der Waals surface area contributed by atoms with E-state index in [1.807, 2.05) is 36.4 Å². The van der Waals surface area contributed by atoms with E-state index in [1.165, 1.54) is 17.5 Å². The van der Waals surface area contributed by atoms with Crippen molar-refractivity contribution in [2.24, 2.45) is 0 Å². The Morgan fingerprint density at radius 2 is 1.92 bits per heavy atom. The van der Waals surface area contributed by atoms with E-state index in [-0.39, 0.29) is 6.03 Å². The SMILES string of the molecule is CCCCCCNC(=O)n1nnc2cc(Oc3ccccc3)ccc21. The van der Waals surface area contributed by atoms with Crippen molar-refractivity contribution in [2.75, 3.05) is 6.54 Å². The molecule has 0 saturated carbocycles. The van der Waals surface area contributed by atoms with Gasteiger partial charge in [0.1, 0.15) is 17.0 Å². The molecule has 3 aromatic rings. The Balaban J connectivity index is 1.66. The number of nitrogens with one attached hydrogen (secondary N) is 1. The summed E-state index contributed by atoms with van der Waals surface area (Å²) in [5, 5.41) is 10.9. The summed E-state index contributed by atoms with van der Waals surface area (Å²) in [4.78, 5) is 12.2. The van der Waals surface area contributed by atoms with Crippen LogP contribution in [0.2, 0.25) is 0 Å². The van der Waals surface area contributed by atoms with Gasteiger partial charge in [0.25, 0.3) is 0 Å². The van der Waals surface area contributed by atoms with Gasteiger partial charge in [-0.2, -0.15) is 4.68 Å². The first kappa shape index (κ1) is 17.0. The van der Waals surface area contributed by atoms with Gasteiger partial charge in [0, 0.05) is 12.6 Å². The van der Waals surface area contributed by atoms with Crippen LogP contribution in [0.25, 0.3) is 11.0 Å². The predicted molar refractivity (Wildman–Crippen MR) is 97.0 cm³/mol. The summed E-state index contributed by atoms with van der Waals surface area (Å²) in [6, 6.07) is 14.6.